The van der Waals surface area contributed by atoms with Crippen LogP contribution in [0.3, 0.4) is 0 Å². The smallest absolute Gasteiger partial charge is 0.319 e. The van der Waals surface area contributed by atoms with E-state index in [0.29, 0.717) is 13.0 Å². The number of amides is 2. The molecule has 3 N–H and O–H groups in total. The van der Waals surface area contributed by atoms with Gasteiger partial charge < -0.3 is 20.6 Å². The van der Waals surface area contributed by atoms with Crippen LogP contribution in [0, 0.1) is 0 Å². The van der Waals surface area contributed by atoms with Crippen LogP contribution in [0.2, 0.25) is 0 Å². The van der Waals surface area contributed by atoms with Crippen molar-refractivity contribution >= 4 is 17.4 Å². The molecule has 0 fully saturated rings. The number of nitrogens with zero attached hydrogens (tertiary/aromatic N) is 1. The van der Waals surface area contributed by atoms with Gasteiger partial charge in [0.1, 0.15) is 0 Å². The van der Waals surface area contributed by atoms with Crippen LogP contribution >= 0.6 is 0 Å². The molecule has 1 rings (SSSR count). The molecule has 0 saturated carbocycles. The molecule has 0 radical (unpaired) electrons. The topological polar surface area (TPSA) is 64.6 Å². The Labute approximate surface area is 108 Å². The molecule has 0 aliphatic carbocycles. The van der Waals surface area contributed by atoms with Crippen LogP contribution in [0.1, 0.15) is 13.3 Å². The third-order valence-electron chi connectivity index (χ3n) is 2.48. The van der Waals surface area contributed by atoms with Crippen LogP contribution in [-0.2, 0) is 0 Å². The number of aliphatic hydroxyl groups excluding tert-OH is 1. The van der Waals surface area contributed by atoms with Gasteiger partial charge >= 0.3 is 6.03 Å². The van der Waals surface area contributed by atoms with Crippen LogP contribution in [0.15, 0.2) is 24.3 Å². The van der Waals surface area contributed by atoms with E-state index in [9.17, 15) is 4.79 Å². The molecule has 0 spiro atoms. The standard InChI is InChI=1S/C13H21N3O2/c1-10(17)8-9-14-13(18)15-11-6-4-5-7-12(11)16(2)3/h4-7,10,17H,8-9H2,1-3H3,(H2,14,15,18). The summed E-state index contributed by atoms with van der Waals surface area (Å²) in [7, 11) is 3.84. The van der Waals surface area contributed by atoms with E-state index in [1.807, 2.05) is 43.3 Å². The number of aliphatic hydroxyl groups is 1. The highest BCUT2D eigenvalue weighted by Gasteiger charge is 2.07. The molecule has 1 aromatic rings. The number of nitrogens with one attached hydrogen (secondary N) is 2. The molecule has 5 heteroatoms. The summed E-state index contributed by atoms with van der Waals surface area (Å²) in [5.74, 6) is 0. The Bertz CT molecular complexity index is 392. The maximum atomic E-state index is 11.6. The first kappa shape index (κ1) is 14.3. The monoisotopic (exact) mass is 251 g/mol. The van der Waals surface area contributed by atoms with Gasteiger partial charge in [0.15, 0.2) is 0 Å². The van der Waals surface area contributed by atoms with Crippen molar-refractivity contribution in [1.29, 1.82) is 0 Å². The van der Waals surface area contributed by atoms with Crippen LogP contribution < -0.4 is 15.5 Å². The van der Waals surface area contributed by atoms with Gasteiger partial charge in [-0.2, -0.15) is 0 Å². The van der Waals surface area contributed by atoms with Crippen LogP contribution in [0.4, 0.5) is 16.2 Å². The van der Waals surface area contributed by atoms with Crippen molar-refractivity contribution in [3.05, 3.63) is 24.3 Å². The van der Waals surface area contributed by atoms with Gasteiger partial charge in [-0.05, 0) is 25.5 Å². The molecule has 2 amide bonds. The molecule has 0 saturated heterocycles. The first-order chi connectivity index (χ1) is 8.50. The van der Waals surface area contributed by atoms with E-state index in [2.05, 4.69) is 10.6 Å². The average Bonchev–Trinajstić information content (AvgIpc) is 2.28. The quantitative estimate of drug-likeness (QED) is 0.745. The fourth-order valence-electron chi connectivity index (χ4n) is 1.53. The normalized spacial score (nSPS) is 11.8. The maximum Gasteiger partial charge on any atom is 0.319 e. The minimum atomic E-state index is -0.403. The van der Waals surface area contributed by atoms with Crippen molar-refractivity contribution in [3.63, 3.8) is 0 Å². The molecule has 100 valence electrons. The third-order valence-corrected chi connectivity index (χ3v) is 2.48. The first-order valence-corrected chi connectivity index (χ1v) is 6.00. The largest absolute Gasteiger partial charge is 0.393 e. The molecule has 0 bridgehead atoms. The summed E-state index contributed by atoms with van der Waals surface area (Å²) in [5, 5.41) is 14.6. The second-order valence-corrected chi connectivity index (χ2v) is 4.43. The van der Waals surface area contributed by atoms with Gasteiger partial charge in [0.05, 0.1) is 17.5 Å². The number of rotatable bonds is 5. The van der Waals surface area contributed by atoms with E-state index in [0.717, 1.165) is 11.4 Å². The fourth-order valence-corrected chi connectivity index (χ4v) is 1.53. The molecule has 0 aromatic heterocycles. The Morgan fingerprint density at radius 2 is 2.06 bits per heavy atom. The van der Waals surface area contributed by atoms with Crippen molar-refractivity contribution in [2.75, 3.05) is 30.9 Å². The summed E-state index contributed by atoms with van der Waals surface area (Å²) in [5.41, 5.74) is 1.71. The van der Waals surface area contributed by atoms with E-state index in [1.54, 1.807) is 6.92 Å². The molecular formula is C13H21N3O2. The second kappa shape index (κ2) is 6.86. The van der Waals surface area contributed by atoms with E-state index >= 15 is 0 Å². The Hall–Kier alpha value is -1.75. The lowest BCUT2D eigenvalue weighted by atomic mass is 10.2. The zero-order valence-electron chi connectivity index (χ0n) is 11.1. The van der Waals surface area contributed by atoms with Gasteiger partial charge in [-0.15, -0.1) is 0 Å². The highest BCUT2D eigenvalue weighted by atomic mass is 16.3. The summed E-state index contributed by atoms with van der Waals surface area (Å²) in [6, 6.07) is 7.32. The van der Waals surface area contributed by atoms with Crippen LogP contribution in [0.5, 0.6) is 0 Å². The van der Waals surface area contributed by atoms with Crippen LogP contribution in [0.25, 0.3) is 0 Å². The Morgan fingerprint density at radius 1 is 1.39 bits per heavy atom. The minimum absolute atomic E-state index is 0.259. The van der Waals surface area contributed by atoms with Gasteiger partial charge in [-0.1, -0.05) is 12.1 Å². The lowest BCUT2D eigenvalue weighted by Crippen LogP contribution is -2.31. The molecule has 0 heterocycles. The van der Waals surface area contributed by atoms with Gasteiger partial charge in [-0.3, -0.25) is 0 Å². The molecule has 18 heavy (non-hydrogen) atoms. The third kappa shape index (κ3) is 4.63. The van der Waals surface area contributed by atoms with Gasteiger partial charge in [-0.25, -0.2) is 4.79 Å². The average molecular weight is 251 g/mol. The van der Waals surface area contributed by atoms with Gasteiger partial charge in [0.25, 0.3) is 0 Å². The predicted molar refractivity (Wildman–Crippen MR) is 74.1 cm³/mol. The van der Waals surface area contributed by atoms with E-state index < -0.39 is 6.10 Å². The summed E-state index contributed by atoms with van der Waals surface area (Å²) in [4.78, 5) is 13.6. The summed E-state index contributed by atoms with van der Waals surface area (Å²) >= 11 is 0. The molecular weight excluding hydrogens is 230 g/mol. The summed E-state index contributed by atoms with van der Waals surface area (Å²) < 4.78 is 0. The molecule has 1 unspecified atom stereocenters. The second-order valence-electron chi connectivity index (χ2n) is 4.43. The zero-order chi connectivity index (χ0) is 13.5. The SMILES string of the molecule is CC(O)CCNC(=O)Nc1ccccc1N(C)C. The first-order valence-electron chi connectivity index (χ1n) is 6.00. The van der Waals surface area contributed by atoms with Crippen LogP contribution in [-0.4, -0.2) is 37.9 Å². The molecule has 5 nitrogen and oxygen atoms in total. The number of para-hydroxylation sites is 2. The van der Waals surface area contributed by atoms with Gasteiger partial charge in [0.2, 0.25) is 0 Å². The van der Waals surface area contributed by atoms with Crippen molar-refractivity contribution in [3.8, 4) is 0 Å². The predicted octanol–water partition coefficient (Wildman–Crippen LogP) is 1.64. The molecule has 1 atom stereocenters. The molecule has 0 aliphatic rings. The number of carbonyl (C=O) groups excluding carboxylic acids is 1. The number of hydrogen-bond acceptors (Lipinski definition) is 3. The molecule has 1 aromatic carbocycles. The minimum Gasteiger partial charge on any atom is -0.393 e. The van der Waals surface area contributed by atoms with E-state index in [-0.39, 0.29) is 6.03 Å². The lowest BCUT2D eigenvalue weighted by molar-refractivity contribution is 0.184. The zero-order valence-corrected chi connectivity index (χ0v) is 11.1. The van der Waals surface area contributed by atoms with Crippen molar-refractivity contribution in [2.24, 2.45) is 0 Å². The lowest BCUT2D eigenvalue weighted by Gasteiger charge is -2.18. The Balaban J connectivity index is 2.54. The van der Waals surface area contributed by atoms with Gasteiger partial charge in [0, 0.05) is 20.6 Å². The Kier molecular flexibility index (Phi) is 5.45. The Morgan fingerprint density at radius 3 is 2.67 bits per heavy atom. The number of anilines is 2. The van der Waals surface area contributed by atoms with E-state index in [4.69, 9.17) is 5.11 Å². The summed E-state index contributed by atoms with van der Waals surface area (Å²) in [6.45, 7) is 2.15. The number of hydrogen-bond donors (Lipinski definition) is 3. The van der Waals surface area contributed by atoms with E-state index in [1.165, 1.54) is 0 Å². The number of benzene rings is 1. The van der Waals surface area contributed by atoms with Crippen molar-refractivity contribution in [2.45, 2.75) is 19.4 Å². The molecule has 0 aliphatic heterocycles. The van der Waals surface area contributed by atoms with Crippen molar-refractivity contribution < 1.29 is 9.90 Å². The fraction of sp³-hybridized carbons (Fsp3) is 0.462. The maximum absolute atomic E-state index is 11.6. The van der Waals surface area contributed by atoms with Crippen molar-refractivity contribution in [1.82, 2.24) is 5.32 Å². The highest BCUT2D eigenvalue weighted by Crippen LogP contribution is 2.23. The highest BCUT2D eigenvalue weighted by molar-refractivity contribution is 5.93. The summed E-state index contributed by atoms with van der Waals surface area (Å²) in [6.07, 6.45) is 0.141. The number of urea groups is 1. The number of carbonyl (C=O) groups is 1.